The van der Waals surface area contributed by atoms with Crippen molar-refractivity contribution in [2.24, 2.45) is 5.92 Å². The van der Waals surface area contributed by atoms with E-state index in [-0.39, 0.29) is 17.8 Å². The van der Waals surface area contributed by atoms with E-state index in [9.17, 15) is 9.59 Å². The van der Waals surface area contributed by atoms with Crippen LogP contribution in [0.5, 0.6) is 0 Å². The number of likely N-dealkylation sites (tertiary alicyclic amines) is 1. The summed E-state index contributed by atoms with van der Waals surface area (Å²) in [4.78, 5) is 32.3. The first-order chi connectivity index (χ1) is 15.3. The van der Waals surface area contributed by atoms with Gasteiger partial charge in [0.25, 0.3) is 0 Å². The zero-order valence-electron chi connectivity index (χ0n) is 19.1. The number of carbonyl (C=O) groups is 2. The van der Waals surface area contributed by atoms with Gasteiger partial charge in [-0.15, -0.1) is 0 Å². The Morgan fingerprint density at radius 1 is 1.00 bits per heavy atom. The molecule has 1 aliphatic heterocycles. The van der Waals surface area contributed by atoms with Crippen LogP contribution < -0.4 is 0 Å². The number of fused-ring (bicyclic) bond motifs is 1. The van der Waals surface area contributed by atoms with Gasteiger partial charge in [0.05, 0.1) is 11.0 Å². The second kappa shape index (κ2) is 9.15. The Balaban J connectivity index is 1.49. The number of imidazole rings is 1. The Bertz CT molecular complexity index is 1090. The molecule has 0 bridgehead atoms. The van der Waals surface area contributed by atoms with Gasteiger partial charge in [-0.1, -0.05) is 42.5 Å². The van der Waals surface area contributed by atoms with Crippen molar-refractivity contribution in [1.82, 2.24) is 14.5 Å². The van der Waals surface area contributed by atoms with Gasteiger partial charge in [0.15, 0.2) is 5.82 Å². The molecule has 0 aliphatic carbocycles. The highest BCUT2D eigenvalue weighted by Crippen LogP contribution is 2.25. The molecule has 0 saturated carbocycles. The summed E-state index contributed by atoms with van der Waals surface area (Å²) in [5.41, 5.74) is 2.54. The average Bonchev–Trinajstić information content (AvgIpc) is 3.15. The summed E-state index contributed by atoms with van der Waals surface area (Å²) in [5.74, 6) is 0.455. The van der Waals surface area contributed by atoms with Crippen LogP contribution >= 0.6 is 0 Å². The van der Waals surface area contributed by atoms with Crippen molar-refractivity contribution < 1.29 is 14.3 Å². The third kappa shape index (κ3) is 5.01. The molecule has 0 N–H and O–H groups in total. The molecule has 1 saturated heterocycles. The van der Waals surface area contributed by atoms with Crippen LogP contribution in [0.1, 0.15) is 49.8 Å². The van der Waals surface area contributed by atoms with Gasteiger partial charge in [-0.25, -0.2) is 9.78 Å². The lowest BCUT2D eigenvalue weighted by atomic mass is 9.92. The van der Waals surface area contributed by atoms with Crippen molar-refractivity contribution in [3.05, 3.63) is 66.0 Å². The molecule has 0 atom stereocenters. The second-order valence-electron chi connectivity index (χ2n) is 9.42. The summed E-state index contributed by atoms with van der Waals surface area (Å²) in [6.45, 7) is 7.33. The van der Waals surface area contributed by atoms with E-state index in [2.05, 4.69) is 16.7 Å². The van der Waals surface area contributed by atoms with E-state index in [4.69, 9.17) is 9.72 Å². The predicted octanol–water partition coefficient (Wildman–Crippen LogP) is 5.11. The van der Waals surface area contributed by atoms with E-state index >= 15 is 0 Å². The highest BCUT2D eigenvalue weighted by Gasteiger charge is 2.32. The van der Waals surface area contributed by atoms with Gasteiger partial charge < -0.3 is 14.2 Å². The van der Waals surface area contributed by atoms with Gasteiger partial charge in [-0.05, 0) is 57.7 Å². The maximum atomic E-state index is 13.5. The SMILES string of the molecule is CC(C)(C)OC(=O)N1CCC(C(=O)c2nc3ccccc3n2CCc2ccccc2)CC1. The highest BCUT2D eigenvalue weighted by atomic mass is 16.6. The monoisotopic (exact) mass is 433 g/mol. The first-order valence-electron chi connectivity index (χ1n) is 11.3. The van der Waals surface area contributed by atoms with Gasteiger partial charge >= 0.3 is 6.09 Å². The molecule has 168 valence electrons. The zero-order valence-corrected chi connectivity index (χ0v) is 19.1. The molecule has 1 fully saturated rings. The van der Waals surface area contributed by atoms with E-state index in [1.165, 1.54) is 5.56 Å². The molecular weight excluding hydrogens is 402 g/mol. The molecule has 2 heterocycles. The molecule has 6 heteroatoms. The highest BCUT2D eigenvalue weighted by molar-refractivity contribution is 5.98. The molecular formula is C26H31N3O3. The summed E-state index contributed by atoms with van der Waals surface area (Å²) in [5, 5.41) is 0. The van der Waals surface area contributed by atoms with Crippen LogP contribution in [0.4, 0.5) is 4.79 Å². The third-order valence-electron chi connectivity index (χ3n) is 5.86. The van der Waals surface area contributed by atoms with Gasteiger partial charge in [-0.2, -0.15) is 0 Å². The van der Waals surface area contributed by atoms with Crippen molar-refractivity contribution in [2.45, 2.75) is 52.2 Å². The number of piperidine rings is 1. The summed E-state index contributed by atoms with van der Waals surface area (Å²) in [6, 6.07) is 18.2. The third-order valence-corrected chi connectivity index (χ3v) is 5.86. The largest absolute Gasteiger partial charge is 0.444 e. The number of aromatic nitrogens is 2. The van der Waals surface area contributed by atoms with Gasteiger partial charge in [-0.3, -0.25) is 4.79 Å². The standard InChI is InChI=1S/C26H31N3O3/c1-26(2,3)32-25(31)28-16-14-20(15-17-28)23(30)24-27-21-11-7-8-12-22(21)29(24)18-13-19-9-5-4-6-10-19/h4-12,20H,13-18H2,1-3H3. The number of nitrogens with zero attached hydrogens (tertiary/aromatic N) is 3. The molecule has 0 unspecified atom stereocenters. The zero-order chi connectivity index (χ0) is 22.7. The maximum absolute atomic E-state index is 13.5. The van der Waals surface area contributed by atoms with Crippen molar-refractivity contribution >= 4 is 22.9 Å². The van der Waals surface area contributed by atoms with Crippen molar-refractivity contribution in [3.63, 3.8) is 0 Å². The Morgan fingerprint density at radius 3 is 2.34 bits per heavy atom. The maximum Gasteiger partial charge on any atom is 0.410 e. The fourth-order valence-corrected chi connectivity index (χ4v) is 4.21. The molecule has 1 aromatic heterocycles. The van der Waals surface area contributed by atoms with Crippen molar-refractivity contribution in [3.8, 4) is 0 Å². The number of para-hydroxylation sites is 2. The number of ether oxygens (including phenoxy) is 1. The van der Waals surface area contributed by atoms with Crippen LogP contribution in [0.2, 0.25) is 0 Å². The molecule has 32 heavy (non-hydrogen) atoms. The Kier molecular flexibility index (Phi) is 6.31. The van der Waals surface area contributed by atoms with Crippen LogP contribution in [0.25, 0.3) is 11.0 Å². The van der Waals surface area contributed by atoms with E-state index in [1.807, 2.05) is 63.2 Å². The number of hydrogen-bond acceptors (Lipinski definition) is 4. The van der Waals surface area contributed by atoms with Crippen LogP contribution in [0.3, 0.4) is 0 Å². The Morgan fingerprint density at radius 2 is 1.66 bits per heavy atom. The smallest absolute Gasteiger partial charge is 0.410 e. The van der Waals surface area contributed by atoms with Crippen LogP contribution in [0.15, 0.2) is 54.6 Å². The van der Waals surface area contributed by atoms with Crippen molar-refractivity contribution in [2.75, 3.05) is 13.1 Å². The average molecular weight is 434 g/mol. The van der Waals surface area contributed by atoms with Crippen LogP contribution in [-0.2, 0) is 17.7 Å². The number of hydrogen-bond donors (Lipinski definition) is 0. The molecule has 1 aliphatic rings. The van der Waals surface area contributed by atoms with Gasteiger partial charge in [0.2, 0.25) is 5.78 Å². The quantitative estimate of drug-likeness (QED) is 0.525. The minimum atomic E-state index is -0.520. The number of carbonyl (C=O) groups excluding carboxylic acids is 2. The minimum absolute atomic E-state index is 0.0677. The minimum Gasteiger partial charge on any atom is -0.444 e. The predicted molar refractivity (Wildman–Crippen MR) is 125 cm³/mol. The number of rotatable bonds is 5. The first kappa shape index (κ1) is 22.1. The molecule has 3 aromatic rings. The second-order valence-corrected chi connectivity index (χ2v) is 9.42. The number of aryl methyl sites for hydroxylation is 2. The van der Waals surface area contributed by atoms with E-state index < -0.39 is 5.60 Å². The number of Topliss-reactive ketones (excluding diaryl/α,β-unsaturated/α-hetero) is 1. The number of benzene rings is 2. The lowest BCUT2D eigenvalue weighted by molar-refractivity contribution is 0.0181. The Hall–Kier alpha value is -3.15. The summed E-state index contributed by atoms with van der Waals surface area (Å²) >= 11 is 0. The van der Waals surface area contributed by atoms with E-state index in [1.54, 1.807) is 4.90 Å². The molecule has 6 nitrogen and oxygen atoms in total. The van der Waals surface area contributed by atoms with E-state index in [0.29, 0.717) is 38.3 Å². The summed E-state index contributed by atoms with van der Waals surface area (Å²) < 4.78 is 7.54. The molecule has 4 rings (SSSR count). The number of ketones is 1. The topological polar surface area (TPSA) is 64.4 Å². The van der Waals surface area contributed by atoms with E-state index in [0.717, 1.165) is 17.5 Å². The molecule has 0 spiro atoms. The lowest BCUT2D eigenvalue weighted by Crippen LogP contribution is -2.43. The van der Waals surface area contributed by atoms with Gasteiger partial charge in [0, 0.05) is 25.6 Å². The molecule has 0 radical (unpaired) electrons. The fraction of sp³-hybridized carbons (Fsp3) is 0.423. The van der Waals surface area contributed by atoms with Crippen LogP contribution in [-0.4, -0.2) is 45.0 Å². The molecule has 2 aromatic carbocycles. The normalized spacial score (nSPS) is 15.2. The summed E-state index contributed by atoms with van der Waals surface area (Å²) in [7, 11) is 0. The van der Waals surface area contributed by atoms with Crippen molar-refractivity contribution in [1.29, 1.82) is 0 Å². The molecule has 1 amide bonds. The fourth-order valence-electron chi connectivity index (χ4n) is 4.21. The van der Waals surface area contributed by atoms with Crippen LogP contribution in [0, 0.1) is 5.92 Å². The lowest BCUT2D eigenvalue weighted by Gasteiger charge is -2.32. The number of amides is 1. The summed E-state index contributed by atoms with van der Waals surface area (Å²) in [6.07, 6.45) is 1.77. The first-order valence-corrected chi connectivity index (χ1v) is 11.3. The van der Waals surface area contributed by atoms with Gasteiger partial charge in [0.1, 0.15) is 5.60 Å². The Labute approximate surface area is 189 Å².